The monoisotopic (exact) mass is 468 g/mol. The van der Waals surface area contributed by atoms with Crippen LogP contribution < -0.4 is 29.0 Å². The van der Waals surface area contributed by atoms with Crippen molar-refractivity contribution in [1.29, 1.82) is 0 Å². The summed E-state index contributed by atoms with van der Waals surface area (Å²) >= 11 is 0. The summed E-state index contributed by atoms with van der Waals surface area (Å²) in [7, 11) is 3.23. The van der Waals surface area contributed by atoms with Crippen LogP contribution in [0.25, 0.3) is 10.9 Å². The molecule has 1 fully saturated rings. The number of nitrogens with zero attached hydrogens (tertiary/aromatic N) is 3. The van der Waals surface area contributed by atoms with E-state index in [2.05, 4.69) is 20.2 Å². The molecule has 1 N–H and O–H groups in total. The van der Waals surface area contributed by atoms with Gasteiger partial charge in [-0.2, -0.15) is 0 Å². The molecule has 2 aromatic carbocycles. The maximum absolute atomic E-state index is 6.06. The third-order valence-corrected chi connectivity index (χ3v) is 5.84. The van der Waals surface area contributed by atoms with Crippen molar-refractivity contribution in [3.63, 3.8) is 0 Å². The molecule has 0 radical (unpaired) electrons. The van der Waals surface area contributed by atoms with Crippen molar-refractivity contribution >= 4 is 22.4 Å². The van der Waals surface area contributed by atoms with Crippen LogP contribution in [0, 0.1) is 0 Å². The van der Waals surface area contributed by atoms with Crippen molar-refractivity contribution in [1.82, 2.24) is 14.9 Å². The number of hydrogen-bond acceptors (Lipinski definition) is 10. The predicted molar refractivity (Wildman–Crippen MR) is 126 cm³/mol. The highest BCUT2D eigenvalue weighted by Gasteiger charge is 2.21. The zero-order valence-corrected chi connectivity index (χ0v) is 19.3. The molecule has 0 bridgehead atoms. The van der Waals surface area contributed by atoms with Crippen molar-refractivity contribution in [2.45, 2.75) is 6.42 Å². The van der Waals surface area contributed by atoms with Crippen LogP contribution in [0.2, 0.25) is 0 Å². The molecule has 3 aromatic rings. The first-order valence-electron chi connectivity index (χ1n) is 11.3. The summed E-state index contributed by atoms with van der Waals surface area (Å²) in [6, 6.07) is 7.39. The molecule has 0 spiro atoms. The van der Waals surface area contributed by atoms with Crippen molar-refractivity contribution in [2.75, 3.05) is 65.8 Å². The smallest absolute Gasteiger partial charge is 0.231 e. The van der Waals surface area contributed by atoms with Crippen LogP contribution in [0.5, 0.6) is 28.7 Å². The number of hydrogen-bond donors (Lipinski definition) is 1. The first-order chi connectivity index (χ1) is 16.7. The van der Waals surface area contributed by atoms with Crippen LogP contribution in [-0.4, -0.2) is 75.3 Å². The van der Waals surface area contributed by atoms with Gasteiger partial charge in [-0.05, 0) is 12.5 Å². The van der Waals surface area contributed by atoms with Crippen molar-refractivity contribution in [3.05, 3.63) is 30.6 Å². The molecule has 0 saturated carbocycles. The Bertz CT molecular complexity index is 1150. The third kappa shape index (κ3) is 4.73. The van der Waals surface area contributed by atoms with E-state index >= 15 is 0 Å². The standard InChI is InChI=1S/C24H28N4O6/c1-29-16-10-19(23-22(11-16)33-15-34-23)27-24-17-12-20(30-2)21(13-18(17)25-14-26-24)32-7-3-4-28-5-8-31-9-6-28/h10-14H,3-9,15H2,1-2H3,(H,25,26,27). The van der Waals surface area contributed by atoms with Gasteiger partial charge in [0.25, 0.3) is 0 Å². The number of nitrogens with one attached hydrogen (secondary N) is 1. The lowest BCUT2D eigenvalue weighted by atomic mass is 10.2. The molecule has 10 heteroatoms. The van der Waals surface area contributed by atoms with E-state index in [1.165, 1.54) is 6.33 Å². The second kappa shape index (κ2) is 10.2. The van der Waals surface area contributed by atoms with E-state index in [-0.39, 0.29) is 6.79 Å². The van der Waals surface area contributed by atoms with Crippen LogP contribution in [0.4, 0.5) is 11.5 Å². The summed E-state index contributed by atoms with van der Waals surface area (Å²) in [6.45, 7) is 5.26. The second-order valence-corrected chi connectivity index (χ2v) is 7.93. The molecule has 0 amide bonds. The molecular formula is C24H28N4O6. The minimum absolute atomic E-state index is 0.155. The van der Waals surface area contributed by atoms with Gasteiger partial charge in [-0.3, -0.25) is 4.90 Å². The zero-order valence-electron chi connectivity index (χ0n) is 19.3. The first kappa shape index (κ1) is 22.3. The van der Waals surface area contributed by atoms with Gasteiger partial charge in [-0.25, -0.2) is 9.97 Å². The topological polar surface area (TPSA) is 96.4 Å². The molecule has 1 saturated heterocycles. The summed E-state index contributed by atoms with van der Waals surface area (Å²) < 4.78 is 33.6. The molecule has 0 unspecified atom stereocenters. The normalized spacial score (nSPS) is 15.4. The number of methoxy groups -OCH3 is 2. The van der Waals surface area contributed by atoms with E-state index in [9.17, 15) is 0 Å². The van der Waals surface area contributed by atoms with E-state index in [1.807, 2.05) is 18.2 Å². The third-order valence-electron chi connectivity index (χ3n) is 5.84. The summed E-state index contributed by atoms with van der Waals surface area (Å²) in [5.41, 5.74) is 1.42. The minimum Gasteiger partial charge on any atom is -0.497 e. The summed E-state index contributed by atoms with van der Waals surface area (Å²) in [4.78, 5) is 11.3. The first-order valence-corrected chi connectivity index (χ1v) is 11.3. The van der Waals surface area contributed by atoms with Gasteiger partial charge in [0.1, 0.15) is 17.9 Å². The molecule has 34 heavy (non-hydrogen) atoms. The molecule has 10 nitrogen and oxygen atoms in total. The van der Waals surface area contributed by atoms with E-state index in [4.69, 9.17) is 28.4 Å². The van der Waals surface area contributed by atoms with E-state index in [0.29, 0.717) is 46.9 Å². The Labute approximate surface area is 197 Å². The van der Waals surface area contributed by atoms with Gasteiger partial charge in [0.2, 0.25) is 6.79 Å². The maximum Gasteiger partial charge on any atom is 0.231 e. The molecule has 5 rings (SSSR count). The molecule has 0 atom stereocenters. The number of aromatic nitrogens is 2. The van der Waals surface area contributed by atoms with Crippen LogP contribution in [0.1, 0.15) is 6.42 Å². The Balaban J connectivity index is 1.35. The van der Waals surface area contributed by atoms with Crippen molar-refractivity contribution in [2.24, 2.45) is 0 Å². The molecular weight excluding hydrogens is 440 g/mol. The summed E-state index contributed by atoms with van der Waals surface area (Å²) in [5, 5.41) is 4.12. The van der Waals surface area contributed by atoms with Gasteiger partial charge in [-0.1, -0.05) is 0 Å². The SMILES string of the molecule is COc1cc(Nc2ncnc3cc(OCCCN4CCOCC4)c(OC)cc23)c2c(c1)OCO2. The molecule has 2 aliphatic rings. The van der Waals surface area contributed by atoms with Gasteiger partial charge < -0.3 is 33.7 Å². The fourth-order valence-electron chi connectivity index (χ4n) is 4.05. The van der Waals surface area contributed by atoms with Crippen LogP contribution in [0.15, 0.2) is 30.6 Å². The number of ether oxygens (including phenoxy) is 6. The Morgan fingerprint density at radius 3 is 2.71 bits per heavy atom. The molecule has 180 valence electrons. The highest BCUT2D eigenvalue weighted by Crippen LogP contribution is 2.44. The number of fused-ring (bicyclic) bond motifs is 2. The van der Waals surface area contributed by atoms with Gasteiger partial charge in [-0.15, -0.1) is 0 Å². The lowest BCUT2D eigenvalue weighted by Gasteiger charge is -2.26. The van der Waals surface area contributed by atoms with Gasteiger partial charge >= 0.3 is 0 Å². The number of morpholine rings is 1. The Morgan fingerprint density at radius 1 is 1.00 bits per heavy atom. The lowest BCUT2D eigenvalue weighted by molar-refractivity contribution is 0.0357. The Morgan fingerprint density at radius 2 is 1.88 bits per heavy atom. The lowest BCUT2D eigenvalue weighted by Crippen LogP contribution is -2.37. The molecule has 3 heterocycles. The minimum atomic E-state index is 0.155. The number of rotatable bonds is 9. The predicted octanol–water partition coefficient (Wildman–Crippen LogP) is 3.22. The average molecular weight is 469 g/mol. The Hall–Kier alpha value is -3.50. The fourth-order valence-corrected chi connectivity index (χ4v) is 4.05. The number of benzene rings is 2. The molecule has 0 aliphatic carbocycles. The number of anilines is 2. The van der Waals surface area contributed by atoms with E-state index in [0.717, 1.165) is 50.2 Å². The Kier molecular flexibility index (Phi) is 6.68. The van der Waals surface area contributed by atoms with Crippen LogP contribution >= 0.6 is 0 Å². The van der Waals surface area contributed by atoms with Gasteiger partial charge in [0, 0.05) is 43.2 Å². The highest BCUT2D eigenvalue weighted by atomic mass is 16.7. The molecule has 2 aliphatic heterocycles. The highest BCUT2D eigenvalue weighted by molar-refractivity contribution is 5.93. The average Bonchev–Trinajstić information content (AvgIpc) is 3.36. The maximum atomic E-state index is 6.06. The zero-order chi connectivity index (χ0) is 23.3. The summed E-state index contributed by atoms with van der Waals surface area (Å²) in [5.74, 6) is 3.75. The van der Waals surface area contributed by atoms with Crippen LogP contribution in [-0.2, 0) is 4.74 Å². The second-order valence-electron chi connectivity index (χ2n) is 7.93. The van der Waals surface area contributed by atoms with Gasteiger partial charge in [0.05, 0.1) is 45.2 Å². The fraction of sp³-hybridized carbons (Fsp3) is 0.417. The molecule has 1 aromatic heterocycles. The quantitative estimate of drug-likeness (QED) is 0.472. The van der Waals surface area contributed by atoms with Crippen molar-refractivity contribution < 1.29 is 28.4 Å². The summed E-state index contributed by atoms with van der Waals surface area (Å²) in [6.07, 6.45) is 2.43. The van der Waals surface area contributed by atoms with Crippen LogP contribution in [0.3, 0.4) is 0 Å². The van der Waals surface area contributed by atoms with Crippen molar-refractivity contribution in [3.8, 4) is 28.7 Å². The largest absolute Gasteiger partial charge is 0.497 e. The van der Waals surface area contributed by atoms with E-state index in [1.54, 1.807) is 20.3 Å². The van der Waals surface area contributed by atoms with E-state index < -0.39 is 0 Å². The van der Waals surface area contributed by atoms with Gasteiger partial charge in [0.15, 0.2) is 23.0 Å².